The number of hydrogen-bond acceptors (Lipinski definition) is 3. The van der Waals surface area contributed by atoms with Crippen molar-refractivity contribution in [3.8, 4) is 0 Å². The number of sulfonamides is 1. The van der Waals surface area contributed by atoms with Gasteiger partial charge in [0.1, 0.15) is 0 Å². The van der Waals surface area contributed by atoms with Gasteiger partial charge in [0.15, 0.2) is 0 Å². The van der Waals surface area contributed by atoms with Crippen LogP contribution >= 0.6 is 15.9 Å². The summed E-state index contributed by atoms with van der Waals surface area (Å²) < 4.78 is 27.9. The number of nitrogen functional groups attached to an aromatic ring is 1. The van der Waals surface area contributed by atoms with E-state index in [1.807, 2.05) is 0 Å². The van der Waals surface area contributed by atoms with E-state index in [9.17, 15) is 8.42 Å². The Morgan fingerprint density at radius 1 is 1.30 bits per heavy atom. The van der Waals surface area contributed by atoms with E-state index < -0.39 is 10.0 Å². The minimum absolute atomic E-state index is 0.210. The molecule has 0 aliphatic heterocycles. The molecule has 0 aromatic heterocycles. The van der Waals surface area contributed by atoms with Crippen molar-refractivity contribution in [2.24, 2.45) is 11.8 Å². The molecule has 2 rings (SSSR count). The quantitative estimate of drug-likeness (QED) is 0.810. The smallest absolute Gasteiger partial charge is 0.241 e. The van der Waals surface area contributed by atoms with Crippen molar-refractivity contribution in [2.45, 2.75) is 37.5 Å². The van der Waals surface area contributed by atoms with E-state index in [1.54, 1.807) is 12.1 Å². The molecule has 3 N–H and O–H groups in total. The summed E-state index contributed by atoms with van der Waals surface area (Å²) in [6.45, 7) is 2.76. The van der Waals surface area contributed by atoms with Crippen molar-refractivity contribution < 1.29 is 8.42 Å². The lowest BCUT2D eigenvalue weighted by Gasteiger charge is -2.26. The summed E-state index contributed by atoms with van der Waals surface area (Å²) in [6.07, 6.45) is 4.58. The van der Waals surface area contributed by atoms with Crippen molar-refractivity contribution in [2.75, 3.05) is 12.3 Å². The molecule has 112 valence electrons. The van der Waals surface area contributed by atoms with Gasteiger partial charge in [-0.25, -0.2) is 13.1 Å². The Morgan fingerprint density at radius 2 is 1.95 bits per heavy atom. The molecular formula is C14H21BrN2O2S. The molecule has 6 heteroatoms. The Kier molecular flexibility index (Phi) is 5.09. The van der Waals surface area contributed by atoms with Crippen LogP contribution in [-0.4, -0.2) is 15.0 Å². The fourth-order valence-corrected chi connectivity index (χ4v) is 4.68. The lowest BCUT2D eigenvalue weighted by Crippen LogP contribution is -2.31. The van der Waals surface area contributed by atoms with Crippen LogP contribution in [0.3, 0.4) is 0 Å². The van der Waals surface area contributed by atoms with Crippen LogP contribution in [0.4, 0.5) is 5.69 Å². The lowest BCUT2D eigenvalue weighted by atomic mass is 9.83. The van der Waals surface area contributed by atoms with E-state index in [0.29, 0.717) is 22.6 Å². The van der Waals surface area contributed by atoms with Crippen molar-refractivity contribution >= 4 is 31.6 Å². The maximum absolute atomic E-state index is 12.3. The Morgan fingerprint density at radius 3 is 2.60 bits per heavy atom. The van der Waals surface area contributed by atoms with E-state index in [0.717, 1.165) is 18.8 Å². The molecule has 1 aromatic carbocycles. The zero-order valence-corrected chi connectivity index (χ0v) is 14.0. The highest BCUT2D eigenvalue weighted by atomic mass is 79.9. The van der Waals surface area contributed by atoms with Gasteiger partial charge in [-0.1, -0.05) is 19.8 Å². The van der Waals surface area contributed by atoms with E-state index in [2.05, 4.69) is 27.6 Å². The van der Waals surface area contributed by atoms with Gasteiger partial charge in [0.05, 0.1) is 4.90 Å². The Hall–Kier alpha value is -0.590. The van der Waals surface area contributed by atoms with Crippen LogP contribution in [-0.2, 0) is 10.0 Å². The van der Waals surface area contributed by atoms with Crippen LogP contribution in [0.25, 0.3) is 0 Å². The zero-order chi connectivity index (χ0) is 14.8. The number of hydrogen-bond donors (Lipinski definition) is 2. The van der Waals surface area contributed by atoms with E-state index in [4.69, 9.17) is 5.73 Å². The maximum atomic E-state index is 12.3. The number of anilines is 1. The molecule has 4 nitrogen and oxygen atoms in total. The van der Waals surface area contributed by atoms with Crippen molar-refractivity contribution in [1.29, 1.82) is 0 Å². The van der Waals surface area contributed by atoms with Crippen LogP contribution in [0.15, 0.2) is 27.6 Å². The number of nitrogens with one attached hydrogen (secondary N) is 1. The van der Waals surface area contributed by atoms with Crippen molar-refractivity contribution in [3.05, 3.63) is 22.7 Å². The largest absolute Gasteiger partial charge is 0.399 e. The second-order valence-electron chi connectivity index (χ2n) is 5.67. The Labute approximate surface area is 129 Å². The molecule has 1 aliphatic carbocycles. The average Bonchev–Trinajstić information content (AvgIpc) is 2.41. The molecule has 0 atom stereocenters. The highest BCUT2D eigenvalue weighted by Crippen LogP contribution is 2.29. The second kappa shape index (κ2) is 6.45. The summed E-state index contributed by atoms with van der Waals surface area (Å²) in [7, 11) is -3.50. The minimum Gasteiger partial charge on any atom is -0.399 e. The topological polar surface area (TPSA) is 72.2 Å². The Balaban J connectivity index is 2.02. The molecule has 1 aliphatic rings. The lowest BCUT2D eigenvalue weighted by molar-refractivity contribution is 0.290. The first-order chi connectivity index (χ1) is 9.38. The molecule has 0 bridgehead atoms. The minimum atomic E-state index is -3.50. The molecule has 1 saturated carbocycles. The summed E-state index contributed by atoms with van der Waals surface area (Å²) >= 11 is 3.27. The molecule has 1 fully saturated rings. The summed E-state index contributed by atoms with van der Waals surface area (Å²) in [5.74, 6) is 1.21. The number of halogens is 1. The third-order valence-corrected chi connectivity index (χ3v) is 6.36. The Bertz CT molecular complexity index is 567. The van der Waals surface area contributed by atoms with Gasteiger partial charge in [-0.15, -0.1) is 0 Å². The van der Waals surface area contributed by atoms with Gasteiger partial charge >= 0.3 is 0 Å². The molecule has 0 unspecified atom stereocenters. The zero-order valence-electron chi connectivity index (χ0n) is 11.6. The van der Waals surface area contributed by atoms with Crippen LogP contribution in [0.2, 0.25) is 0 Å². The standard InChI is InChI=1S/C14H21BrN2O2S/c1-10-2-4-11(5-3-10)9-17-20(18,19)14-8-12(16)6-7-13(14)15/h6-8,10-11,17H,2-5,9,16H2,1H3. The molecule has 0 saturated heterocycles. The molecule has 0 radical (unpaired) electrons. The fourth-order valence-electron chi connectivity index (χ4n) is 2.56. The number of benzene rings is 1. The third kappa shape index (κ3) is 3.96. The molecule has 0 heterocycles. The fraction of sp³-hybridized carbons (Fsp3) is 0.571. The van der Waals surface area contributed by atoms with Crippen LogP contribution in [0.5, 0.6) is 0 Å². The predicted molar refractivity (Wildman–Crippen MR) is 84.9 cm³/mol. The first-order valence-electron chi connectivity index (χ1n) is 6.93. The maximum Gasteiger partial charge on any atom is 0.241 e. The summed E-state index contributed by atoms with van der Waals surface area (Å²) in [5, 5.41) is 0. The van der Waals surface area contributed by atoms with E-state index >= 15 is 0 Å². The molecule has 20 heavy (non-hydrogen) atoms. The normalized spacial score (nSPS) is 23.7. The van der Waals surface area contributed by atoms with Gasteiger partial charge in [-0.2, -0.15) is 0 Å². The monoisotopic (exact) mass is 360 g/mol. The number of nitrogens with two attached hydrogens (primary N) is 1. The van der Waals surface area contributed by atoms with Crippen LogP contribution in [0.1, 0.15) is 32.6 Å². The van der Waals surface area contributed by atoms with Crippen LogP contribution in [0, 0.1) is 11.8 Å². The van der Waals surface area contributed by atoms with Crippen molar-refractivity contribution in [1.82, 2.24) is 4.72 Å². The summed E-state index contributed by atoms with van der Waals surface area (Å²) in [6, 6.07) is 4.81. The van der Waals surface area contributed by atoms with Crippen molar-refractivity contribution in [3.63, 3.8) is 0 Å². The van der Waals surface area contributed by atoms with E-state index in [-0.39, 0.29) is 4.90 Å². The first kappa shape index (κ1) is 15.8. The number of rotatable bonds is 4. The van der Waals surface area contributed by atoms with Crippen LogP contribution < -0.4 is 10.5 Å². The molecule has 0 spiro atoms. The molecule has 1 aromatic rings. The highest BCUT2D eigenvalue weighted by molar-refractivity contribution is 9.10. The molecular weight excluding hydrogens is 340 g/mol. The highest BCUT2D eigenvalue weighted by Gasteiger charge is 2.22. The van der Waals surface area contributed by atoms with Gasteiger partial charge in [0, 0.05) is 16.7 Å². The van der Waals surface area contributed by atoms with Gasteiger partial charge in [-0.3, -0.25) is 0 Å². The average molecular weight is 361 g/mol. The van der Waals surface area contributed by atoms with Gasteiger partial charge in [0.25, 0.3) is 0 Å². The third-order valence-electron chi connectivity index (χ3n) is 3.94. The SMILES string of the molecule is CC1CCC(CNS(=O)(=O)c2cc(N)ccc2Br)CC1. The van der Waals surface area contributed by atoms with E-state index in [1.165, 1.54) is 18.9 Å². The summed E-state index contributed by atoms with van der Waals surface area (Å²) in [4.78, 5) is 0.210. The summed E-state index contributed by atoms with van der Waals surface area (Å²) in [5.41, 5.74) is 6.11. The van der Waals surface area contributed by atoms with Gasteiger partial charge < -0.3 is 5.73 Å². The first-order valence-corrected chi connectivity index (χ1v) is 9.21. The van der Waals surface area contributed by atoms with Gasteiger partial charge in [-0.05, 0) is 58.8 Å². The molecule has 0 amide bonds. The van der Waals surface area contributed by atoms with Gasteiger partial charge in [0.2, 0.25) is 10.0 Å². The predicted octanol–water partition coefficient (Wildman–Crippen LogP) is 3.14. The second-order valence-corrected chi connectivity index (χ2v) is 8.26.